The van der Waals surface area contributed by atoms with Gasteiger partial charge in [0.05, 0.1) is 12.5 Å². The van der Waals surface area contributed by atoms with Crippen molar-refractivity contribution in [3.05, 3.63) is 71.3 Å². The maximum absolute atomic E-state index is 12.7. The number of hydrogen-bond donors (Lipinski definition) is 1. The summed E-state index contributed by atoms with van der Waals surface area (Å²) in [7, 11) is 0. The number of alkyl halides is 3. The predicted octanol–water partition coefficient (Wildman–Crippen LogP) is 4.16. The molecule has 0 aliphatic carbocycles. The molecule has 1 amide bonds. The second-order valence-corrected chi connectivity index (χ2v) is 7.37. The molecule has 31 heavy (non-hydrogen) atoms. The Bertz CT molecular complexity index is 959. The molecule has 3 rings (SSSR count). The van der Waals surface area contributed by atoms with Crippen molar-refractivity contribution in [2.24, 2.45) is 11.0 Å². The van der Waals surface area contributed by atoms with E-state index < -0.39 is 30.4 Å². The van der Waals surface area contributed by atoms with Crippen molar-refractivity contribution in [3.8, 4) is 0 Å². The first-order chi connectivity index (χ1) is 14.6. The number of rotatable bonds is 7. The third kappa shape index (κ3) is 5.84. The summed E-state index contributed by atoms with van der Waals surface area (Å²) < 4.78 is 43.5. The van der Waals surface area contributed by atoms with Crippen LogP contribution in [0.15, 0.2) is 59.7 Å². The Morgan fingerprint density at radius 1 is 1.16 bits per heavy atom. The van der Waals surface area contributed by atoms with Crippen molar-refractivity contribution >= 4 is 17.8 Å². The van der Waals surface area contributed by atoms with Crippen LogP contribution in [0, 0.1) is 5.92 Å². The van der Waals surface area contributed by atoms with Crippen LogP contribution in [0.25, 0.3) is 0 Å². The standard InChI is InChI=1S/C22H21F3N2O4/c1-14(11-22(23,24)25)19(21(29)30)16-9-7-15(8-10-16)12-27-18(28)13-31-20(26-27)17-5-3-2-4-6-17/h2-10,14,19H,11-13H2,1H3,(H,29,30). The van der Waals surface area contributed by atoms with Gasteiger partial charge in [-0.1, -0.05) is 49.4 Å². The smallest absolute Gasteiger partial charge is 0.389 e. The Morgan fingerprint density at radius 3 is 2.39 bits per heavy atom. The van der Waals surface area contributed by atoms with Gasteiger partial charge >= 0.3 is 12.1 Å². The lowest BCUT2D eigenvalue weighted by Gasteiger charge is -2.24. The van der Waals surface area contributed by atoms with E-state index in [9.17, 15) is 27.9 Å². The largest absolute Gasteiger partial charge is 0.481 e. The molecule has 2 unspecified atom stereocenters. The molecule has 1 N–H and O–H groups in total. The molecule has 0 fully saturated rings. The molecule has 1 aliphatic rings. The highest BCUT2D eigenvalue weighted by Gasteiger charge is 2.36. The number of hydrazone groups is 1. The first-order valence-electron chi connectivity index (χ1n) is 9.59. The number of halogens is 3. The fourth-order valence-electron chi connectivity index (χ4n) is 3.44. The number of amides is 1. The molecule has 2 aromatic rings. The molecular formula is C22H21F3N2O4. The summed E-state index contributed by atoms with van der Waals surface area (Å²) in [6.45, 7) is 1.23. The van der Waals surface area contributed by atoms with E-state index in [-0.39, 0.29) is 24.6 Å². The van der Waals surface area contributed by atoms with Crippen LogP contribution in [-0.4, -0.2) is 40.7 Å². The van der Waals surface area contributed by atoms with E-state index in [1.165, 1.54) is 24.1 Å². The van der Waals surface area contributed by atoms with E-state index in [0.717, 1.165) is 5.56 Å². The maximum Gasteiger partial charge on any atom is 0.389 e. The average Bonchev–Trinajstić information content (AvgIpc) is 2.70. The highest BCUT2D eigenvalue weighted by Crippen LogP contribution is 2.34. The van der Waals surface area contributed by atoms with Crippen molar-refractivity contribution in [2.45, 2.75) is 32.0 Å². The van der Waals surface area contributed by atoms with Crippen molar-refractivity contribution in [2.75, 3.05) is 6.61 Å². The average molecular weight is 434 g/mol. The molecule has 2 atom stereocenters. The van der Waals surface area contributed by atoms with Crippen LogP contribution < -0.4 is 0 Å². The van der Waals surface area contributed by atoms with Crippen LogP contribution in [-0.2, 0) is 20.9 Å². The molecule has 9 heteroatoms. The number of carbonyl (C=O) groups is 2. The van der Waals surface area contributed by atoms with Gasteiger partial charge < -0.3 is 9.84 Å². The van der Waals surface area contributed by atoms with Gasteiger partial charge in [-0.15, -0.1) is 5.10 Å². The van der Waals surface area contributed by atoms with Crippen LogP contribution in [0.3, 0.4) is 0 Å². The Labute approximate surface area is 176 Å². The number of aliphatic carboxylic acids is 1. The molecule has 1 aliphatic heterocycles. The zero-order valence-corrected chi connectivity index (χ0v) is 16.7. The minimum atomic E-state index is -4.45. The SMILES string of the molecule is CC(CC(F)(F)F)C(C(=O)O)c1ccc(CN2N=C(c3ccccc3)OCC2=O)cc1. The monoisotopic (exact) mass is 434 g/mol. The topological polar surface area (TPSA) is 79.2 Å². The second-order valence-electron chi connectivity index (χ2n) is 7.37. The lowest BCUT2D eigenvalue weighted by atomic mass is 9.85. The molecule has 6 nitrogen and oxygen atoms in total. The van der Waals surface area contributed by atoms with Crippen LogP contribution in [0.4, 0.5) is 13.2 Å². The lowest BCUT2D eigenvalue weighted by Crippen LogP contribution is -2.36. The molecule has 0 radical (unpaired) electrons. The number of carboxylic acid groups (broad SMARTS) is 1. The molecular weight excluding hydrogens is 413 g/mol. The minimum Gasteiger partial charge on any atom is -0.481 e. The summed E-state index contributed by atoms with van der Waals surface area (Å²) in [5.74, 6) is -3.76. The van der Waals surface area contributed by atoms with E-state index in [2.05, 4.69) is 5.10 Å². The Kier molecular flexibility index (Phi) is 6.62. The first-order valence-corrected chi connectivity index (χ1v) is 9.59. The molecule has 0 bridgehead atoms. The zero-order chi connectivity index (χ0) is 22.6. The third-order valence-corrected chi connectivity index (χ3v) is 4.91. The summed E-state index contributed by atoms with van der Waals surface area (Å²) in [5, 5.41) is 14.9. The minimum absolute atomic E-state index is 0.120. The molecule has 2 aromatic carbocycles. The normalized spacial score (nSPS) is 16.3. The highest BCUT2D eigenvalue weighted by molar-refractivity contribution is 5.97. The second kappa shape index (κ2) is 9.20. The number of hydrogen-bond acceptors (Lipinski definition) is 4. The van der Waals surface area contributed by atoms with Gasteiger partial charge in [0.2, 0.25) is 5.90 Å². The summed E-state index contributed by atoms with van der Waals surface area (Å²) in [6.07, 6.45) is -5.64. The molecule has 0 saturated carbocycles. The van der Waals surface area contributed by atoms with E-state index >= 15 is 0 Å². The van der Waals surface area contributed by atoms with Gasteiger partial charge in [0, 0.05) is 12.0 Å². The molecule has 1 heterocycles. The van der Waals surface area contributed by atoms with Crippen LogP contribution in [0.5, 0.6) is 0 Å². The summed E-state index contributed by atoms with van der Waals surface area (Å²) >= 11 is 0. The van der Waals surface area contributed by atoms with Gasteiger partial charge in [0.25, 0.3) is 5.91 Å². The number of carbonyl (C=O) groups excluding carboxylic acids is 1. The fraction of sp³-hybridized carbons (Fsp3) is 0.318. The van der Waals surface area contributed by atoms with Crippen molar-refractivity contribution in [1.82, 2.24) is 5.01 Å². The number of carboxylic acids is 1. The maximum atomic E-state index is 12.7. The van der Waals surface area contributed by atoms with Crippen molar-refractivity contribution in [1.29, 1.82) is 0 Å². The predicted molar refractivity (Wildman–Crippen MR) is 106 cm³/mol. The van der Waals surface area contributed by atoms with Gasteiger partial charge in [-0.2, -0.15) is 13.2 Å². The fourth-order valence-corrected chi connectivity index (χ4v) is 3.44. The van der Waals surface area contributed by atoms with Crippen LogP contribution in [0.2, 0.25) is 0 Å². The number of benzene rings is 2. The quantitative estimate of drug-likeness (QED) is 0.710. The van der Waals surface area contributed by atoms with E-state index in [1.807, 2.05) is 18.2 Å². The Morgan fingerprint density at radius 2 is 1.81 bits per heavy atom. The third-order valence-electron chi connectivity index (χ3n) is 4.91. The Hall–Kier alpha value is -3.36. The van der Waals surface area contributed by atoms with Gasteiger partial charge in [-0.3, -0.25) is 9.59 Å². The summed E-state index contributed by atoms with van der Waals surface area (Å²) in [5.41, 5.74) is 1.65. The van der Waals surface area contributed by atoms with Crippen molar-refractivity contribution < 1.29 is 32.6 Å². The van der Waals surface area contributed by atoms with Gasteiger partial charge in [0.15, 0.2) is 6.61 Å². The molecule has 0 saturated heterocycles. The Balaban J connectivity index is 1.76. The summed E-state index contributed by atoms with van der Waals surface area (Å²) in [6, 6.07) is 15.2. The molecule has 0 spiro atoms. The van der Waals surface area contributed by atoms with Gasteiger partial charge in [-0.05, 0) is 29.2 Å². The number of ether oxygens (including phenoxy) is 1. The zero-order valence-electron chi connectivity index (χ0n) is 16.7. The van der Waals surface area contributed by atoms with Crippen LogP contribution in [0.1, 0.15) is 36.0 Å². The first kappa shape index (κ1) is 22.3. The lowest BCUT2D eigenvalue weighted by molar-refractivity contribution is -0.152. The molecule has 0 aromatic heterocycles. The molecule has 164 valence electrons. The highest BCUT2D eigenvalue weighted by atomic mass is 19.4. The van der Waals surface area contributed by atoms with Crippen LogP contribution >= 0.6 is 0 Å². The van der Waals surface area contributed by atoms with E-state index in [1.54, 1.807) is 24.3 Å². The van der Waals surface area contributed by atoms with Gasteiger partial charge in [-0.25, -0.2) is 5.01 Å². The van der Waals surface area contributed by atoms with E-state index in [0.29, 0.717) is 11.5 Å². The van der Waals surface area contributed by atoms with Gasteiger partial charge in [0.1, 0.15) is 0 Å². The number of nitrogens with zero attached hydrogens (tertiary/aromatic N) is 2. The van der Waals surface area contributed by atoms with Crippen molar-refractivity contribution in [3.63, 3.8) is 0 Å². The summed E-state index contributed by atoms with van der Waals surface area (Å²) in [4.78, 5) is 23.8. The van der Waals surface area contributed by atoms with E-state index in [4.69, 9.17) is 4.74 Å².